The molecule has 0 unspecified atom stereocenters. The molecule has 4 atom stereocenters. The van der Waals surface area contributed by atoms with Gasteiger partial charge in [0.15, 0.2) is 0 Å². The zero-order chi connectivity index (χ0) is 24.6. The molecule has 1 heterocycles. The van der Waals surface area contributed by atoms with Crippen LogP contribution in [-0.2, 0) is 20.9 Å². The maximum atomic E-state index is 11.5. The Labute approximate surface area is 211 Å². The standard InChI is InChI=1S/C16H20NO4.3C4H9.Sn/c1-10-12(17-19-9-11-7-5-4-6-8-11)14-15(13(10)18)21-16(2,3)20-14;3*1-3-4-2;/h1,4-8,12-15,17-18H,9H2,2-3H3;3*1,3-4H2,2H3;/t12-,13-,14+,15-;;;;/m1..../s1. The third-order valence-electron chi connectivity index (χ3n) is 7.35. The van der Waals surface area contributed by atoms with Gasteiger partial charge in [-0.25, -0.2) is 0 Å². The van der Waals surface area contributed by atoms with Crippen LogP contribution < -0.4 is 5.48 Å². The Bertz CT molecular complexity index is 747. The average molecular weight is 580 g/mol. The third kappa shape index (κ3) is 7.30. The van der Waals surface area contributed by atoms with Gasteiger partial charge in [-0.15, -0.1) is 0 Å². The van der Waals surface area contributed by atoms with Crippen LogP contribution in [-0.4, -0.2) is 53.6 Å². The molecule has 2 N–H and O–H groups in total. The molecule has 0 radical (unpaired) electrons. The van der Waals surface area contributed by atoms with Crippen molar-refractivity contribution in [2.24, 2.45) is 0 Å². The molecule has 1 aliphatic carbocycles. The zero-order valence-electron chi connectivity index (χ0n) is 22.0. The Kier molecular flexibility index (Phi) is 10.9. The number of unbranched alkanes of at least 4 members (excludes halogenated alkanes) is 3. The molecular weight excluding hydrogens is 533 g/mol. The minimum absolute atomic E-state index is 0.188. The fraction of sp³-hybridized carbons (Fsp3) is 0.714. The van der Waals surface area contributed by atoms with Crippen LogP contribution in [0, 0.1) is 0 Å². The molecule has 34 heavy (non-hydrogen) atoms. The van der Waals surface area contributed by atoms with E-state index in [4.69, 9.17) is 14.3 Å². The normalized spacial score (nSPS) is 27.4. The molecule has 3 rings (SSSR count). The van der Waals surface area contributed by atoms with Crippen molar-refractivity contribution in [2.75, 3.05) is 0 Å². The van der Waals surface area contributed by atoms with Gasteiger partial charge in [0.1, 0.15) is 0 Å². The van der Waals surface area contributed by atoms with Crippen molar-refractivity contribution in [1.29, 1.82) is 0 Å². The van der Waals surface area contributed by atoms with Gasteiger partial charge in [0.05, 0.1) is 0 Å². The molecule has 5 nitrogen and oxygen atoms in total. The second-order valence-electron chi connectivity index (χ2n) is 10.7. The number of hydroxylamine groups is 1. The molecular formula is C28H47NO4Sn. The Morgan fingerprint density at radius 1 is 0.941 bits per heavy atom. The summed E-state index contributed by atoms with van der Waals surface area (Å²) in [4.78, 5) is 6.00. The van der Waals surface area contributed by atoms with Gasteiger partial charge in [-0.2, -0.15) is 0 Å². The fourth-order valence-corrected chi connectivity index (χ4v) is 21.0. The van der Waals surface area contributed by atoms with Crippen LogP contribution in [0.15, 0.2) is 40.0 Å². The van der Waals surface area contributed by atoms with Crippen molar-refractivity contribution < 1.29 is 19.4 Å². The number of fused-ring (bicyclic) bond motifs is 1. The molecule has 192 valence electrons. The predicted octanol–water partition coefficient (Wildman–Crippen LogP) is 6.29. The number of rotatable bonds is 14. The summed E-state index contributed by atoms with van der Waals surface area (Å²) in [6, 6.07) is 9.99. The minimum atomic E-state index is -2.65. The first-order valence-corrected chi connectivity index (χ1v) is 21.2. The number of nitrogens with one attached hydrogen (secondary N) is 1. The molecule has 2 aliphatic rings. The van der Waals surface area contributed by atoms with E-state index in [0.717, 1.165) is 11.1 Å². The Hall–Kier alpha value is -0.441. The van der Waals surface area contributed by atoms with Crippen LogP contribution in [0.25, 0.3) is 0 Å². The van der Waals surface area contributed by atoms with Crippen molar-refractivity contribution in [3.63, 3.8) is 0 Å². The molecule has 1 saturated heterocycles. The number of hydrogen-bond donors (Lipinski definition) is 2. The van der Waals surface area contributed by atoms with Crippen LogP contribution in [0.1, 0.15) is 78.7 Å². The van der Waals surface area contributed by atoms with E-state index >= 15 is 0 Å². The molecule has 6 heteroatoms. The quantitative estimate of drug-likeness (QED) is 0.200. The molecule has 0 amide bonds. The third-order valence-corrected chi connectivity index (χ3v) is 21.6. The van der Waals surface area contributed by atoms with Crippen LogP contribution >= 0.6 is 0 Å². The van der Waals surface area contributed by atoms with E-state index in [1.165, 1.54) is 51.8 Å². The second-order valence-corrected chi connectivity index (χ2v) is 23.6. The number of ether oxygens (including phenoxy) is 2. The van der Waals surface area contributed by atoms with Crippen molar-refractivity contribution >= 4 is 18.4 Å². The van der Waals surface area contributed by atoms with Crippen molar-refractivity contribution in [3.8, 4) is 0 Å². The Balaban J connectivity index is 1.89. The van der Waals surface area contributed by atoms with Gasteiger partial charge >= 0.3 is 212 Å². The van der Waals surface area contributed by atoms with Crippen molar-refractivity contribution in [2.45, 2.75) is 123 Å². The monoisotopic (exact) mass is 581 g/mol. The van der Waals surface area contributed by atoms with E-state index in [1.54, 1.807) is 0 Å². The number of hydrogen-bond acceptors (Lipinski definition) is 5. The maximum absolute atomic E-state index is 11.5. The molecule has 0 bridgehead atoms. The van der Waals surface area contributed by atoms with Gasteiger partial charge in [0.2, 0.25) is 0 Å². The predicted molar refractivity (Wildman–Crippen MR) is 141 cm³/mol. The van der Waals surface area contributed by atoms with E-state index in [9.17, 15) is 5.11 Å². The summed E-state index contributed by atoms with van der Waals surface area (Å²) >= 11 is -2.65. The molecule has 2 fully saturated rings. The van der Waals surface area contributed by atoms with Gasteiger partial charge in [-0.1, -0.05) is 0 Å². The molecule has 0 spiro atoms. The topological polar surface area (TPSA) is 60.0 Å². The molecule has 1 aromatic carbocycles. The first-order chi connectivity index (χ1) is 16.3. The molecule has 1 saturated carbocycles. The number of benzene rings is 1. The summed E-state index contributed by atoms with van der Waals surface area (Å²) in [5.74, 6) is -0.700. The van der Waals surface area contributed by atoms with E-state index in [2.05, 4.69) is 42.5 Å². The summed E-state index contributed by atoms with van der Waals surface area (Å²) < 4.78 is 19.2. The van der Waals surface area contributed by atoms with Crippen LogP contribution in [0.4, 0.5) is 0 Å². The van der Waals surface area contributed by atoms with E-state index < -0.39 is 30.3 Å². The van der Waals surface area contributed by atoms with Gasteiger partial charge in [-0.3, -0.25) is 0 Å². The molecule has 1 aromatic rings. The zero-order valence-corrected chi connectivity index (χ0v) is 24.9. The summed E-state index contributed by atoms with van der Waals surface area (Å²) in [5.41, 5.74) is 5.49. The molecule has 1 aliphatic heterocycles. The SMILES string of the molecule is CCC[CH2][Sn](/[CH]=C1\[C@@H](O)[C@H]2OC(C)(C)O[C@H]2[C@@H]1NOCc1ccccc1)([CH2]CCC)[CH2]CCC. The summed E-state index contributed by atoms with van der Waals surface area (Å²) in [5, 5.41) is 11.5. The van der Waals surface area contributed by atoms with Crippen LogP contribution in [0.5, 0.6) is 0 Å². The van der Waals surface area contributed by atoms with E-state index in [0.29, 0.717) is 6.61 Å². The first kappa shape index (κ1) is 28.1. The number of aliphatic hydroxyl groups is 1. The van der Waals surface area contributed by atoms with E-state index in [1.807, 2.05) is 32.0 Å². The van der Waals surface area contributed by atoms with Crippen molar-refractivity contribution in [1.82, 2.24) is 5.48 Å². The van der Waals surface area contributed by atoms with Crippen LogP contribution in [0.2, 0.25) is 13.3 Å². The number of aliphatic hydroxyl groups excluding tert-OH is 1. The summed E-state index contributed by atoms with van der Waals surface area (Å²) in [6.07, 6.45) is 6.32. The Morgan fingerprint density at radius 2 is 1.50 bits per heavy atom. The van der Waals surface area contributed by atoms with Gasteiger partial charge in [-0.05, 0) is 0 Å². The second kappa shape index (κ2) is 13.2. The van der Waals surface area contributed by atoms with Crippen molar-refractivity contribution in [3.05, 3.63) is 45.6 Å². The van der Waals surface area contributed by atoms with Gasteiger partial charge < -0.3 is 0 Å². The van der Waals surface area contributed by atoms with Gasteiger partial charge in [0, 0.05) is 0 Å². The first-order valence-electron chi connectivity index (χ1n) is 13.5. The summed E-state index contributed by atoms with van der Waals surface area (Å²) in [7, 11) is 0. The van der Waals surface area contributed by atoms with E-state index in [-0.39, 0.29) is 18.2 Å². The average Bonchev–Trinajstić information content (AvgIpc) is 3.26. The molecule has 0 aromatic heterocycles. The summed E-state index contributed by atoms with van der Waals surface area (Å²) in [6.45, 7) is 11.2. The van der Waals surface area contributed by atoms with Gasteiger partial charge in [0.25, 0.3) is 0 Å². The fourth-order valence-electron chi connectivity index (χ4n) is 5.51. The van der Waals surface area contributed by atoms with Crippen LogP contribution in [0.3, 0.4) is 0 Å². The Morgan fingerprint density at radius 3 is 2.06 bits per heavy atom.